The van der Waals surface area contributed by atoms with Crippen LogP contribution in [0.4, 0.5) is 5.69 Å². The van der Waals surface area contributed by atoms with Crippen LogP contribution < -0.4 is 20.1 Å². The lowest BCUT2D eigenvalue weighted by atomic mass is 10.1. The molecule has 0 aliphatic carbocycles. The van der Waals surface area contributed by atoms with Crippen LogP contribution in [0.2, 0.25) is 0 Å². The second-order valence-corrected chi connectivity index (χ2v) is 9.50. The molecule has 200 valence electrons. The summed E-state index contributed by atoms with van der Waals surface area (Å²) in [6, 6.07) is 7.48. The molecule has 6 rings (SSSR count). The number of methoxy groups -OCH3 is 1. The van der Waals surface area contributed by atoms with Crippen molar-refractivity contribution < 1.29 is 14.3 Å². The Bertz CT molecular complexity index is 1670. The molecule has 1 aliphatic heterocycles. The van der Waals surface area contributed by atoms with Crippen LogP contribution in [0.15, 0.2) is 49.1 Å². The lowest BCUT2D eigenvalue weighted by Crippen LogP contribution is -2.27. The molecule has 0 atom stereocenters. The second kappa shape index (κ2) is 10.2. The first kappa shape index (κ1) is 24.6. The van der Waals surface area contributed by atoms with Crippen molar-refractivity contribution in [2.24, 2.45) is 0 Å². The SMILES string of the molecule is COc1cc2c(cc1-n1nc(C(=O)NCCCN(C)C)c3cnc(-c4cnn5cccnc45)cc31)OCCN2. The van der Waals surface area contributed by atoms with Gasteiger partial charge in [0.2, 0.25) is 0 Å². The fourth-order valence-electron chi connectivity index (χ4n) is 4.68. The van der Waals surface area contributed by atoms with Gasteiger partial charge in [-0.15, -0.1) is 0 Å². The van der Waals surface area contributed by atoms with Gasteiger partial charge < -0.3 is 25.0 Å². The van der Waals surface area contributed by atoms with Gasteiger partial charge in [0.05, 0.1) is 41.2 Å². The van der Waals surface area contributed by atoms with Crippen molar-refractivity contribution in [1.82, 2.24) is 39.6 Å². The van der Waals surface area contributed by atoms with E-state index in [-0.39, 0.29) is 11.6 Å². The number of hydrogen-bond acceptors (Lipinski definition) is 9. The number of benzene rings is 1. The second-order valence-electron chi connectivity index (χ2n) is 9.50. The lowest BCUT2D eigenvalue weighted by molar-refractivity contribution is 0.0948. The van der Waals surface area contributed by atoms with Crippen molar-refractivity contribution in [2.75, 3.05) is 52.8 Å². The number of nitrogens with one attached hydrogen (secondary N) is 2. The van der Waals surface area contributed by atoms with E-state index in [1.165, 1.54) is 0 Å². The molecule has 0 saturated carbocycles. The van der Waals surface area contributed by atoms with Gasteiger partial charge >= 0.3 is 0 Å². The number of ether oxygens (including phenoxy) is 2. The molecule has 5 aromatic rings. The number of carbonyl (C=O) groups is 1. The van der Waals surface area contributed by atoms with Crippen LogP contribution >= 0.6 is 0 Å². The zero-order valence-corrected chi connectivity index (χ0v) is 22.0. The van der Waals surface area contributed by atoms with Gasteiger partial charge in [-0.2, -0.15) is 10.2 Å². The van der Waals surface area contributed by atoms with E-state index in [1.807, 2.05) is 44.6 Å². The van der Waals surface area contributed by atoms with Gasteiger partial charge in [0.1, 0.15) is 23.8 Å². The summed E-state index contributed by atoms with van der Waals surface area (Å²) in [7, 11) is 5.62. The van der Waals surface area contributed by atoms with Gasteiger partial charge in [-0.1, -0.05) is 0 Å². The molecule has 12 nitrogen and oxygen atoms in total. The lowest BCUT2D eigenvalue weighted by Gasteiger charge is -2.21. The van der Waals surface area contributed by atoms with Crippen LogP contribution in [-0.2, 0) is 0 Å². The first-order valence-corrected chi connectivity index (χ1v) is 12.7. The molecular formula is C27H29N9O3. The Morgan fingerprint density at radius 3 is 2.97 bits per heavy atom. The van der Waals surface area contributed by atoms with Gasteiger partial charge in [0, 0.05) is 43.8 Å². The van der Waals surface area contributed by atoms with E-state index in [1.54, 1.807) is 34.9 Å². The Labute approximate surface area is 224 Å². The molecule has 0 spiro atoms. The maximum absolute atomic E-state index is 13.3. The molecule has 5 heterocycles. The number of aromatic nitrogens is 6. The number of pyridine rings is 1. The Morgan fingerprint density at radius 1 is 1.23 bits per heavy atom. The quantitative estimate of drug-likeness (QED) is 0.293. The molecule has 0 fully saturated rings. The molecular weight excluding hydrogens is 498 g/mol. The van der Waals surface area contributed by atoms with Crippen LogP contribution in [0, 0.1) is 0 Å². The van der Waals surface area contributed by atoms with Crippen LogP contribution in [0.3, 0.4) is 0 Å². The average molecular weight is 528 g/mol. The fourth-order valence-corrected chi connectivity index (χ4v) is 4.68. The number of fused-ring (bicyclic) bond motifs is 3. The number of carbonyl (C=O) groups excluding carboxylic acids is 1. The summed E-state index contributed by atoms with van der Waals surface area (Å²) in [6.07, 6.45) is 7.78. The third kappa shape index (κ3) is 4.59. The molecule has 1 aromatic carbocycles. The summed E-state index contributed by atoms with van der Waals surface area (Å²) in [5, 5.41) is 16.1. The van der Waals surface area contributed by atoms with Crippen molar-refractivity contribution in [1.29, 1.82) is 0 Å². The molecule has 4 aromatic heterocycles. The minimum absolute atomic E-state index is 0.264. The Morgan fingerprint density at radius 2 is 2.13 bits per heavy atom. The molecule has 0 radical (unpaired) electrons. The Hall–Kier alpha value is -4.71. The van der Waals surface area contributed by atoms with Gasteiger partial charge in [0.25, 0.3) is 5.91 Å². The van der Waals surface area contributed by atoms with Crippen molar-refractivity contribution in [3.05, 3.63) is 54.7 Å². The largest absolute Gasteiger partial charge is 0.494 e. The minimum atomic E-state index is -0.264. The van der Waals surface area contributed by atoms with Crippen molar-refractivity contribution in [3.8, 4) is 28.4 Å². The summed E-state index contributed by atoms with van der Waals surface area (Å²) in [5.74, 6) is 1.01. The van der Waals surface area contributed by atoms with Gasteiger partial charge in [-0.05, 0) is 39.2 Å². The van der Waals surface area contributed by atoms with Crippen LogP contribution in [-0.4, -0.2) is 87.6 Å². The third-order valence-electron chi connectivity index (χ3n) is 6.59. The number of anilines is 1. The van der Waals surface area contributed by atoms with Gasteiger partial charge in [-0.3, -0.25) is 9.78 Å². The third-order valence-corrected chi connectivity index (χ3v) is 6.59. The van der Waals surface area contributed by atoms with Gasteiger partial charge in [0.15, 0.2) is 11.3 Å². The van der Waals surface area contributed by atoms with E-state index < -0.39 is 0 Å². The van der Waals surface area contributed by atoms with Crippen LogP contribution in [0.5, 0.6) is 11.5 Å². The van der Waals surface area contributed by atoms with E-state index in [0.717, 1.165) is 24.2 Å². The standard InChI is InChI=1S/C27H29N9O3/c1-34(2)9-4-7-30-27(37)25-18-15-31-19(17-16-32-35-10-5-6-29-26(17)35)12-21(18)36(33-25)22-14-23-20(13-24(22)38-3)28-8-11-39-23/h5-6,10,12-16,28H,4,7-9,11H2,1-3H3,(H,30,37). The van der Waals surface area contributed by atoms with Crippen molar-refractivity contribution in [2.45, 2.75) is 6.42 Å². The van der Waals surface area contributed by atoms with E-state index in [9.17, 15) is 4.79 Å². The summed E-state index contributed by atoms with van der Waals surface area (Å²) in [5.41, 5.74) is 4.57. The topological polar surface area (TPSA) is 124 Å². The number of rotatable bonds is 8. The predicted molar refractivity (Wildman–Crippen MR) is 147 cm³/mol. The summed E-state index contributed by atoms with van der Waals surface area (Å²) >= 11 is 0. The van der Waals surface area contributed by atoms with Crippen molar-refractivity contribution in [3.63, 3.8) is 0 Å². The van der Waals surface area contributed by atoms with Crippen LogP contribution in [0.25, 0.3) is 33.5 Å². The first-order valence-electron chi connectivity index (χ1n) is 12.7. The smallest absolute Gasteiger partial charge is 0.272 e. The van der Waals surface area contributed by atoms with E-state index in [2.05, 4.69) is 30.6 Å². The normalized spacial score (nSPS) is 12.8. The summed E-state index contributed by atoms with van der Waals surface area (Å²) < 4.78 is 15.0. The maximum Gasteiger partial charge on any atom is 0.272 e. The summed E-state index contributed by atoms with van der Waals surface area (Å²) in [4.78, 5) is 24.5. The number of nitrogens with zero attached hydrogens (tertiary/aromatic N) is 7. The molecule has 0 saturated heterocycles. The Kier molecular flexibility index (Phi) is 6.45. The van der Waals surface area contributed by atoms with Crippen LogP contribution in [0.1, 0.15) is 16.9 Å². The molecule has 39 heavy (non-hydrogen) atoms. The number of hydrogen-bond donors (Lipinski definition) is 2. The highest BCUT2D eigenvalue weighted by Crippen LogP contribution is 2.38. The zero-order valence-electron chi connectivity index (χ0n) is 22.0. The minimum Gasteiger partial charge on any atom is -0.494 e. The molecule has 1 amide bonds. The average Bonchev–Trinajstić information content (AvgIpc) is 3.56. The molecule has 12 heteroatoms. The predicted octanol–water partition coefficient (Wildman–Crippen LogP) is 2.62. The zero-order chi connectivity index (χ0) is 26.9. The monoisotopic (exact) mass is 527 g/mol. The van der Waals surface area contributed by atoms with Gasteiger partial charge in [-0.25, -0.2) is 14.2 Å². The number of amides is 1. The molecule has 0 unspecified atom stereocenters. The van der Waals surface area contributed by atoms with E-state index >= 15 is 0 Å². The highest BCUT2D eigenvalue weighted by Gasteiger charge is 2.24. The van der Waals surface area contributed by atoms with E-state index in [0.29, 0.717) is 59.1 Å². The maximum atomic E-state index is 13.3. The first-order chi connectivity index (χ1) is 19.0. The molecule has 0 bridgehead atoms. The highest BCUT2D eigenvalue weighted by atomic mass is 16.5. The molecule has 2 N–H and O–H groups in total. The highest BCUT2D eigenvalue weighted by molar-refractivity contribution is 6.05. The van der Waals surface area contributed by atoms with E-state index in [4.69, 9.17) is 14.6 Å². The summed E-state index contributed by atoms with van der Waals surface area (Å²) in [6.45, 7) is 2.66. The molecule has 1 aliphatic rings. The van der Waals surface area contributed by atoms with Crippen molar-refractivity contribution >= 4 is 28.1 Å². The Balaban J connectivity index is 1.49. The fraction of sp³-hybridized carbons (Fsp3) is 0.296.